The van der Waals surface area contributed by atoms with Gasteiger partial charge in [0.2, 0.25) is 5.91 Å². The summed E-state index contributed by atoms with van der Waals surface area (Å²) < 4.78 is 17.8. The van der Waals surface area contributed by atoms with E-state index < -0.39 is 36.0 Å². The molecule has 0 bridgehead atoms. The third kappa shape index (κ3) is 6.52. The lowest BCUT2D eigenvalue weighted by atomic mass is 9.90. The standard InChI is InChI=1S/C29H30BrNO7/c1-19(33)37-27(26-17-23(30)25(38-26)14-8-9-15-32)22(16-20-10-4-2-5-11-20)28(34)31-24(18-36-29(31)35)21-12-6-3-7-13-21/h2-7,10-13,17,22,24,27,32H,8-9,14-16,18H2,1H3/t22-,24-,27+/m1/s1. The molecule has 2 aromatic carbocycles. The number of aliphatic hydroxyl groups is 1. The minimum Gasteiger partial charge on any atom is -0.461 e. The van der Waals surface area contributed by atoms with Crippen molar-refractivity contribution in [2.75, 3.05) is 13.2 Å². The van der Waals surface area contributed by atoms with E-state index in [1.165, 1.54) is 6.92 Å². The van der Waals surface area contributed by atoms with Crippen LogP contribution in [0.2, 0.25) is 0 Å². The zero-order valence-electron chi connectivity index (χ0n) is 21.0. The van der Waals surface area contributed by atoms with Crippen LogP contribution >= 0.6 is 15.9 Å². The summed E-state index contributed by atoms with van der Waals surface area (Å²) in [7, 11) is 0. The Morgan fingerprint density at radius 1 is 1.11 bits per heavy atom. The molecular weight excluding hydrogens is 554 g/mol. The number of nitrogens with zero attached hydrogens (tertiary/aromatic N) is 1. The van der Waals surface area contributed by atoms with Crippen molar-refractivity contribution < 1.29 is 33.4 Å². The van der Waals surface area contributed by atoms with Crippen molar-refractivity contribution in [2.24, 2.45) is 5.92 Å². The van der Waals surface area contributed by atoms with Gasteiger partial charge in [-0.3, -0.25) is 9.59 Å². The highest BCUT2D eigenvalue weighted by Gasteiger charge is 2.46. The van der Waals surface area contributed by atoms with Gasteiger partial charge in [-0.25, -0.2) is 9.69 Å². The van der Waals surface area contributed by atoms with Crippen LogP contribution in [0.3, 0.4) is 0 Å². The largest absolute Gasteiger partial charge is 0.461 e. The maximum absolute atomic E-state index is 14.2. The zero-order valence-corrected chi connectivity index (χ0v) is 22.6. The molecular formula is C29H30BrNO7. The van der Waals surface area contributed by atoms with Gasteiger partial charge >= 0.3 is 12.1 Å². The van der Waals surface area contributed by atoms with Crippen molar-refractivity contribution in [2.45, 2.75) is 44.8 Å². The first-order valence-corrected chi connectivity index (χ1v) is 13.3. The number of carbonyl (C=O) groups is 3. The number of cyclic esters (lactones) is 1. The Kier molecular flexibility index (Phi) is 9.36. The van der Waals surface area contributed by atoms with Crippen LogP contribution in [0, 0.1) is 5.92 Å². The van der Waals surface area contributed by atoms with E-state index in [0.29, 0.717) is 35.3 Å². The Labute approximate surface area is 229 Å². The quantitative estimate of drug-likeness (QED) is 0.233. The number of halogens is 1. The first kappa shape index (κ1) is 27.6. The smallest absolute Gasteiger partial charge is 0.417 e. The van der Waals surface area contributed by atoms with Gasteiger partial charge in [0.15, 0.2) is 6.10 Å². The van der Waals surface area contributed by atoms with Crippen LogP contribution < -0.4 is 0 Å². The molecule has 200 valence electrons. The van der Waals surface area contributed by atoms with Gasteiger partial charge in [0, 0.05) is 20.0 Å². The Balaban J connectivity index is 1.73. The topological polar surface area (TPSA) is 106 Å². The summed E-state index contributed by atoms with van der Waals surface area (Å²) >= 11 is 3.51. The lowest BCUT2D eigenvalue weighted by Crippen LogP contribution is -2.42. The first-order valence-electron chi connectivity index (χ1n) is 12.5. The fourth-order valence-electron chi connectivity index (χ4n) is 4.61. The number of benzene rings is 2. The minimum absolute atomic E-state index is 0.0339. The number of hydrogen-bond acceptors (Lipinski definition) is 7. The van der Waals surface area contributed by atoms with Crippen molar-refractivity contribution in [3.05, 3.63) is 93.9 Å². The maximum atomic E-state index is 14.2. The van der Waals surface area contributed by atoms with Gasteiger partial charge in [-0.15, -0.1) is 0 Å². The molecule has 3 atom stereocenters. The molecule has 38 heavy (non-hydrogen) atoms. The van der Waals surface area contributed by atoms with Crippen molar-refractivity contribution in [1.29, 1.82) is 0 Å². The van der Waals surface area contributed by atoms with E-state index in [0.717, 1.165) is 16.0 Å². The SMILES string of the molecule is CC(=O)O[C@H](c1cc(Br)c(CCCCO)o1)[C@@H](Cc1ccccc1)C(=O)N1C(=O)OC[C@@H]1c1ccccc1. The molecule has 1 N–H and O–H groups in total. The lowest BCUT2D eigenvalue weighted by Gasteiger charge is -2.29. The number of esters is 1. The average Bonchev–Trinajstić information content (AvgIpc) is 3.49. The van der Waals surface area contributed by atoms with Crippen molar-refractivity contribution in [3.63, 3.8) is 0 Å². The van der Waals surface area contributed by atoms with Crippen LogP contribution in [-0.4, -0.2) is 41.2 Å². The molecule has 0 aliphatic carbocycles. The van der Waals surface area contributed by atoms with Crippen LogP contribution in [0.4, 0.5) is 4.79 Å². The Hall–Kier alpha value is -3.43. The Morgan fingerprint density at radius 2 is 1.79 bits per heavy atom. The van der Waals surface area contributed by atoms with E-state index in [9.17, 15) is 14.4 Å². The summed E-state index contributed by atoms with van der Waals surface area (Å²) in [4.78, 5) is 40.4. The zero-order chi connectivity index (χ0) is 27.1. The number of ether oxygens (including phenoxy) is 2. The number of furan rings is 1. The van der Waals surface area contributed by atoms with Crippen LogP contribution in [0.5, 0.6) is 0 Å². The van der Waals surface area contributed by atoms with Gasteiger partial charge in [-0.05, 0) is 52.4 Å². The predicted molar refractivity (Wildman–Crippen MR) is 142 cm³/mol. The number of rotatable bonds is 11. The lowest BCUT2D eigenvalue weighted by molar-refractivity contribution is -0.155. The minimum atomic E-state index is -1.09. The third-order valence-corrected chi connectivity index (χ3v) is 7.11. The summed E-state index contributed by atoms with van der Waals surface area (Å²) in [5, 5.41) is 9.13. The molecule has 0 radical (unpaired) electrons. The molecule has 2 amide bonds. The van der Waals surface area contributed by atoms with E-state index in [4.69, 9.17) is 19.0 Å². The molecule has 1 aliphatic heterocycles. The van der Waals surface area contributed by atoms with Crippen LogP contribution in [0.15, 0.2) is 75.6 Å². The molecule has 3 aromatic rings. The fourth-order valence-corrected chi connectivity index (χ4v) is 5.11. The van der Waals surface area contributed by atoms with Crippen LogP contribution in [-0.2, 0) is 31.9 Å². The second-order valence-electron chi connectivity index (χ2n) is 9.14. The molecule has 4 rings (SSSR count). The Bertz CT molecular complexity index is 1240. The van der Waals surface area contributed by atoms with E-state index in [-0.39, 0.29) is 19.6 Å². The van der Waals surface area contributed by atoms with Crippen molar-refractivity contribution >= 4 is 33.9 Å². The monoisotopic (exact) mass is 583 g/mol. The van der Waals surface area contributed by atoms with Gasteiger partial charge < -0.3 is 19.0 Å². The molecule has 1 aliphatic rings. The number of carbonyl (C=O) groups excluding carboxylic acids is 3. The molecule has 2 heterocycles. The fraction of sp³-hybridized carbons (Fsp3) is 0.345. The van der Waals surface area contributed by atoms with Gasteiger partial charge in [0.05, 0.1) is 10.4 Å². The van der Waals surface area contributed by atoms with Gasteiger partial charge in [0.25, 0.3) is 0 Å². The highest BCUT2D eigenvalue weighted by Crippen LogP contribution is 2.38. The predicted octanol–water partition coefficient (Wildman–Crippen LogP) is 5.54. The number of imide groups is 1. The van der Waals surface area contributed by atoms with Gasteiger partial charge in [-0.1, -0.05) is 60.7 Å². The molecule has 0 saturated carbocycles. The van der Waals surface area contributed by atoms with Crippen molar-refractivity contribution in [1.82, 2.24) is 4.90 Å². The molecule has 8 nitrogen and oxygen atoms in total. The van der Waals surface area contributed by atoms with Crippen molar-refractivity contribution in [3.8, 4) is 0 Å². The summed E-state index contributed by atoms with van der Waals surface area (Å²) in [5.74, 6) is -1.16. The average molecular weight is 584 g/mol. The third-order valence-electron chi connectivity index (χ3n) is 6.44. The number of amides is 2. The van der Waals surface area contributed by atoms with E-state index in [1.54, 1.807) is 6.07 Å². The highest BCUT2D eigenvalue weighted by molar-refractivity contribution is 9.10. The number of hydrogen-bond donors (Lipinski definition) is 1. The first-order chi connectivity index (χ1) is 18.4. The maximum Gasteiger partial charge on any atom is 0.417 e. The molecule has 9 heteroatoms. The number of aliphatic hydroxyl groups excluding tert-OH is 1. The summed E-state index contributed by atoms with van der Waals surface area (Å²) in [6.45, 7) is 1.38. The van der Waals surface area contributed by atoms with E-state index >= 15 is 0 Å². The second-order valence-corrected chi connectivity index (χ2v) is 9.99. The summed E-state index contributed by atoms with van der Waals surface area (Å²) in [5.41, 5.74) is 1.60. The summed E-state index contributed by atoms with van der Waals surface area (Å²) in [6.07, 6.45) is 0.233. The molecule has 1 saturated heterocycles. The molecule has 1 fully saturated rings. The second kappa shape index (κ2) is 12.9. The molecule has 0 unspecified atom stereocenters. The van der Waals surface area contributed by atoms with E-state index in [1.807, 2.05) is 60.7 Å². The number of unbranched alkanes of at least 4 members (excludes halogenated alkanes) is 1. The van der Waals surface area contributed by atoms with Crippen LogP contribution in [0.25, 0.3) is 0 Å². The summed E-state index contributed by atoms with van der Waals surface area (Å²) in [6, 6.07) is 19.6. The van der Waals surface area contributed by atoms with Gasteiger partial charge in [0.1, 0.15) is 24.2 Å². The van der Waals surface area contributed by atoms with Crippen LogP contribution in [0.1, 0.15) is 54.6 Å². The number of aryl methyl sites for hydroxylation is 1. The molecule has 0 spiro atoms. The molecule has 1 aromatic heterocycles. The van der Waals surface area contributed by atoms with Gasteiger partial charge in [-0.2, -0.15) is 0 Å². The highest BCUT2D eigenvalue weighted by atomic mass is 79.9. The Morgan fingerprint density at radius 3 is 2.45 bits per heavy atom. The normalized spacial score (nSPS) is 16.7. The van der Waals surface area contributed by atoms with E-state index in [2.05, 4.69) is 15.9 Å².